The average Bonchev–Trinajstić information content (AvgIpc) is 2.56. The van der Waals surface area contributed by atoms with Crippen LogP contribution >= 0.6 is 0 Å². The Bertz CT molecular complexity index is 592. The third kappa shape index (κ3) is 1.89. The first-order chi connectivity index (χ1) is 8.00. The summed E-state index contributed by atoms with van der Waals surface area (Å²) in [5.74, 6) is -1.62. The van der Waals surface area contributed by atoms with Crippen molar-refractivity contribution in [3.05, 3.63) is 35.5 Å². The van der Waals surface area contributed by atoms with Crippen molar-refractivity contribution in [3.8, 4) is 11.3 Å². The first kappa shape index (κ1) is 11.3. The Balaban J connectivity index is 2.70. The molecule has 0 bridgehead atoms. The zero-order chi connectivity index (χ0) is 12.6. The summed E-state index contributed by atoms with van der Waals surface area (Å²) in [7, 11) is 1.63. The van der Waals surface area contributed by atoms with Crippen molar-refractivity contribution in [2.24, 2.45) is 7.05 Å². The van der Waals surface area contributed by atoms with E-state index in [-0.39, 0.29) is 11.4 Å². The van der Waals surface area contributed by atoms with E-state index in [1.165, 1.54) is 23.0 Å². The molecule has 2 rings (SSSR count). The van der Waals surface area contributed by atoms with Crippen molar-refractivity contribution in [2.45, 2.75) is 6.92 Å². The molecule has 0 saturated carbocycles. The van der Waals surface area contributed by atoms with Gasteiger partial charge < -0.3 is 5.11 Å². The molecular formula is C11H10FN3O2. The molecule has 0 radical (unpaired) electrons. The molecule has 0 aliphatic heterocycles. The molecule has 5 nitrogen and oxygen atoms in total. The minimum Gasteiger partial charge on any atom is -0.476 e. The molecule has 17 heavy (non-hydrogen) atoms. The van der Waals surface area contributed by atoms with E-state index < -0.39 is 11.8 Å². The van der Waals surface area contributed by atoms with Crippen LogP contribution in [0.5, 0.6) is 0 Å². The lowest BCUT2D eigenvalue weighted by Gasteiger charge is -2.01. The molecule has 0 spiro atoms. The van der Waals surface area contributed by atoms with E-state index in [0.29, 0.717) is 11.3 Å². The number of aryl methyl sites for hydroxylation is 1. The number of aromatic nitrogens is 3. The van der Waals surface area contributed by atoms with Crippen LogP contribution in [0.2, 0.25) is 0 Å². The first-order valence-corrected chi connectivity index (χ1v) is 4.89. The Morgan fingerprint density at radius 2 is 2.24 bits per heavy atom. The number of pyridine rings is 1. The maximum Gasteiger partial charge on any atom is 0.357 e. The van der Waals surface area contributed by atoms with Crippen molar-refractivity contribution >= 4 is 5.97 Å². The van der Waals surface area contributed by atoms with Gasteiger partial charge in [-0.1, -0.05) is 0 Å². The average molecular weight is 235 g/mol. The number of hydrogen-bond acceptors (Lipinski definition) is 3. The fraction of sp³-hybridized carbons (Fsp3) is 0.182. The summed E-state index contributed by atoms with van der Waals surface area (Å²) in [6.07, 6.45) is 1.29. The van der Waals surface area contributed by atoms with Crippen molar-refractivity contribution in [1.82, 2.24) is 14.8 Å². The lowest BCUT2D eigenvalue weighted by molar-refractivity contribution is 0.0690. The van der Waals surface area contributed by atoms with Gasteiger partial charge in [0.05, 0.1) is 11.3 Å². The molecule has 0 unspecified atom stereocenters. The van der Waals surface area contributed by atoms with Crippen LogP contribution in [0.3, 0.4) is 0 Å². The summed E-state index contributed by atoms with van der Waals surface area (Å²) >= 11 is 0. The highest BCUT2D eigenvalue weighted by Gasteiger charge is 2.21. The number of nitrogens with zero attached hydrogens (tertiary/aromatic N) is 3. The second-order valence-corrected chi connectivity index (χ2v) is 3.60. The number of hydrogen-bond donors (Lipinski definition) is 1. The largest absolute Gasteiger partial charge is 0.476 e. The molecule has 6 heteroatoms. The third-order valence-electron chi connectivity index (χ3n) is 2.51. The van der Waals surface area contributed by atoms with Crippen LogP contribution in [-0.4, -0.2) is 25.8 Å². The summed E-state index contributed by atoms with van der Waals surface area (Å²) in [4.78, 5) is 15.0. The van der Waals surface area contributed by atoms with Gasteiger partial charge in [-0.3, -0.25) is 9.67 Å². The Labute approximate surface area is 96.5 Å². The summed E-state index contributed by atoms with van der Waals surface area (Å²) < 4.78 is 14.5. The van der Waals surface area contributed by atoms with Gasteiger partial charge in [0.1, 0.15) is 5.82 Å². The van der Waals surface area contributed by atoms with Crippen molar-refractivity contribution in [2.75, 3.05) is 0 Å². The van der Waals surface area contributed by atoms with E-state index in [2.05, 4.69) is 10.1 Å². The third-order valence-corrected chi connectivity index (χ3v) is 2.51. The standard InChI is InChI=1S/C11H10FN3O2/c1-6-9(8-5-7(12)3-4-13-8)10(11(16)17)14-15(6)2/h3-5H,1-2H3,(H,16,17). The fourth-order valence-electron chi connectivity index (χ4n) is 1.61. The molecule has 1 N–H and O–H groups in total. The minimum absolute atomic E-state index is 0.122. The quantitative estimate of drug-likeness (QED) is 0.858. The molecule has 0 aromatic carbocycles. The highest BCUT2D eigenvalue weighted by Crippen LogP contribution is 2.25. The Kier molecular flexibility index (Phi) is 2.63. The Morgan fingerprint density at radius 3 is 2.82 bits per heavy atom. The van der Waals surface area contributed by atoms with E-state index in [0.717, 1.165) is 0 Å². The van der Waals surface area contributed by atoms with E-state index in [9.17, 15) is 9.18 Å². The van der Waals surface area contributed by atoms with Crippen LogP contribution in [0.15, 0.2) is 18.3 Å². The van der Waals surface area contributed by atoms with Crippen LogP contribution in [-0.2, 0) is 7.05 Å². The number of carboxylic acid groups (broad SMARTS) is 1. The molecule has 2 aromatic rings. The lowest BCUT2D eigenvalue weighted by atomic mass is 10.1. The molecule has 0 atom stereocenters. The predicted molar refractivity (Wildman–Crippen MR) is 58.1 cm³/mol. The smallest absolute Gasteiger partial charge is 0.357 e. The minimum atomic E-state index is -1.16. The van der Waals surface area contributed by atoms with Gasteiger partial charge in [0.25, 0.3) is 0 Å². The Morgan fingerprint density at radius 1 is 1.53 bits per heavy atom. The fourth-order valence-corrected chi connectivity index (χ4v) is 1.61. The molecule has 0 amide bonds. The van der Waals surface area contributed by atoms with Gasteiger partial charge in [0, 0.05) is 25.0 Å². The maximum absolute atomic E-state index is 13.1. The van der Waals surface area contributed by atoms with Gasteiger partial charge in [0.15, 0.2) is 5.69 Å². The monoisotopic (exact) mass is 235 g/mol. The SMILES string of the molecule is Cc1c(-c2cc(F)ccn2)c(C(=O)O)nn1C. The van der Waals surface area contributed by atoms with E-state index in [4.69, 9.17) is 5.11 Å². The number of carboxylic acids is 1. The molecule has 0 saturated heterocycles. The summed E-state index contributed by atoms with van der Waals surface area (Å²) in [6.45, 7) is 1.71. The Hall–Kier alpha value is -2.24. The number of aromatic carboxylic acids is 1. The van der Waals surface area contributed by atoms with Crippen molar-refractivity contribution in [1.29, 1.82) is 0 Å². The van der Waals surface area contributed by atoms with Crippen LogP contribution in [0.25, 0.3) is 11.3 Å². The van der Waals surface area contributed by atoms with E-state index in [1.54, 1.807) is 14.0 Å². The highest BCUT2D eigenvalue weighted by molar-refractivity contribution is 5.94. The van der Waals surface area contributed by atoms with Gasteiger partial charge in [-0.05, 0) is 13.0 Å². The van der Waals surface area contributed by atoms with E-state index >= 15 is 0 Å². The molecule has 2 aromatic heterocycles. The zero-order valence-corrected chi connectivity index (χ0v) is 9.31. The molecule has 0 fully saturated rings. The topological polar surface area (TPSA) is 68.0 Å². The van der Waals surface area contributed by atoms with Gasteiger partial charge in [-0.2, -0.15) is 5.10 Å². The lowest BCUT2D eigenvalue weighted by Crippen LogP contribution is -2.01. The van der Waals surface area contributed by atoms with Crippen molar-refractivity contribution in [3.63, 3.8) is 0 Å². The van der Waals surface area contributed by atoms with Gasteiger partial charge in [0.2, 0.25) is 0 Å². The van der Waals surface area contributed by atoms with Crippen LogP contribution in [0, 0.1) is 12.7 Å². The van der Waals surface area contributed by atoms with Crippen LogP contribution in [0.4, 0.5) is 4.39 Å². The summed E-state index contributed by atoms with van der Waals surface area (Å²) in [6, 6.07) is 2.39. The first-order valence-electron chi connectivity index (χ1n) is 4.89. The van der Waals surface area contributed by atoms with Crippen LogP contribution < -0.4 is 0 Å². The van der Waals surface area contributed by atoms with Crippen LogP contribution in [0.1, 0.15) is 16.2 Å². The number of carbonyl (C=O) groups is 1. The second-order valence-electron chi connectivity index (χ2n) is 3.60. The van der Waals surface area contributed by atoms with E-state index in [1.807, 2.05) is 0 Å². The summed E-state index contributed by atoms with van der Waals surface area (Å²) in [5.41, 5.74) is 1.12. The summed E-state index contributed by atoms with van der Waals surface area (Å²) in [5, 5.41) is 12.9. The normalized spacial score (nSPS) is 10.5. The van der Waals surface area contributed by atoms with Crippen molar-refractivity contribution < 1.29 is 14.3 Å². The number of rotatable bonds is 2. The van der Waals surface area contributed by atoms with Gasteiger partial charge >= 0.3 is 5.97 Å². The molecule has 2 heterocycles. The molecular weight excluding hydrogens is 225 g/mol. The highest BCUT2D eigenvalue weighted by atomic mass is 19.1. The number of halogens is 1. The molecule has 88 valence electrons. The molecule has 0 aliphatic carbocycles. The molecule has 0 aliphatic rings. The van der Waals surface area contributed by atoms with Gasteiger partial charge in [-0.15, -0.1) is 0 Å². The van der Waals surface area contributed by atoms with Gasteiger partial charge in [-0.25, -0.2) is 9.18 Å². The maximum atomic E-state index is 13.1. The second kappa shape index (κ2) is 3.97. The predicted octanol–water partition coefficient (Wildman–Crippen LogP) is 1.63. The zero-order valence-electron chi connectivity index (χ0n) is 9.31.